The van der Waals surface area contributed by atoms with Crippen LogP contribution in [0, 0.1) is 0 Å². The second kappa shape index (κ2) is 9.11. The van der Waals surface area contributed by atoms with Gasteiger partial charge in [0.15, 0.2) is 0 Å². The Morgan fingerprint density at radius 3 is 2.06 bits per heavy atom. The summed E-state index contributed by atoms with van der Waals surface area (Å²) in [6.45, 7) is 5.82. The maximum Gasteiger partial charge on any atom is 0.320 e. The Bertz CT molecular complexity index is 200. The van der Waals surface area contributed by atoms with E-state index < -0.39 is 12.0 Å². The van der Waals surface area contributed by atoms with E-state index >= 15 is 0 Å². The van der Waals surface area contributed by atoms with Crippen LogP contribution in [0.5, 0.6) is 0 Å². The number of aliphatic carboxylic acids is 1. The van der Waals surface area contributed by atoms with E-state index in [-0.39, 0.29) is 18.6 Å². The first kappa shape index (κ1) is 17.3. The van der Waals surface area contributed by atoms with Crippen molar-refractivity contribution in [2.75, 3.05) is 13.7 Å². The van der Waals surface area contributed by atoms with Crippen LogP contribution in [0.4, 0.5) is 0 Å². The molecule has 0 aliphatic heterocycles. The van der Waals surface area contributed by atoms with Gasteiger partial charge in [-0.2, -0.15) is 0 Å². The molecule has 0 aliphatic rings. The number of hydrogen-bond donors (Lipinski definition) is 3. The van der Waals surface area contributed by atoms with Crippen LogP contribution >= 0.6 is 0 Å². The third kappa shape index (κ3) is 12.9. The highest BCUT2D eigenvalue weighted by atomic mass is 16.5. The summed E-state index contributed by atoms with van der Waals surface area (Å²) in [6.07, 6.45) is 0.256. The Morgan fingerprint density at radius 2 is 2.00 bits per heavy atom. The largest absolute Gasteiger partial charge is 0.480 e. The summed E-state index contributed by atoms with van der Waals surface area (Å²) in [5, 5.41) is 19.2. The van der Waals surface area contributed by atoms with Crippen LogP contribution in [-0.4, -0.2) is 48.0 Å². The summed E-state index contributed by atoms with van der Waals surface area (Å²) >= 11 is 0. The lowest BCUT2D eigenvalue weighted by atomic mass is 10.2. The van der Waals surface area contributed by atoms with E-state index in [4.69, 9.17) is 10.2 Å². The third-order valence-corrected chi connectivity index (χ3v) is 1.47. The second-order valence-electron chi connectivity index (χ2n) is 4.02. The van der Waals surface area contributed by atoms with Crippen molar-refractivity contribution in [1.82, 2.24) is 5.32 Å². The molecule has 3 N–H and O–H groups in total. The van der Waals surface area contributed by atoms with Crippen molar-refractivity contribution in [2.45, 2.75) is 38.8 Å². The Hall–Kier alpha value is -1.14. The van der Waals surface area contributed by atoms with Gasteiger partial charge in [0.2, 0.25) is 0 Å². The molecule has 16 heavy (non-hydrogen) atoms. The number of hydrogen-bond acceptors (Lipinski definition) is 5. The Kier molecular flexibility index (Phi) is 9.83. The zero-order valence-electron chi connectivity index (χ0n) is 10.2. The van der Waals surface area contributed by atoms with Gasteiger partial charge in [-0.1, -0.05) is 0 Å². The predicted molar refractivity (Wildman–Crippen MR) is 59.1 cm³/mol. The molecule has 0 fully saturated rings. The number of aliphatic hydroxyl groups excluding tert-OH is 1. The molecular weight excluding hydrogens is 214 g/mol. The molecule has 0 radical (unpaired) electrons. The number of nitrogens with one attached hydrogen (secondary N) is 1. The highest BCUT2D eigenvalue weighted by Crippen LogP contribution is 2.02. The van der Waals surface area contributed by atoms with Gasteiger partial charge in [-0.3, -0.25) is 9.59 Å². The molecule has 0 bridgehead atoms. The lowest BCUT2D eigenvalue weighted by Gasteiger charge is -2.14. The third-order valence-electron chi connectivity index (χ3n) is 1.47. The van der Waals surface area contributed by atoms with Gasteiger partial charge in [0, 0.05) is 6.61 Å². The lowest BCUT2D eigenvalue weighted by Crippen LogP contribution is -2.34. The molecule has 0 saturated carbocycles. The molecule has 6 nitrogen and oxygen atoms in total. The van der Waals surface area contributed by atoms with Gasteiger partial charge < -0.3 is 20.3 Å². The molecule has 0 heterocycles. The van der Waals surface area contributed by atoms with Crippen molar-refractivity contribution >= 4 is 12.4 Å². The fraction of sp³-hybridized carbons (Fsp3) is 0.800. The number of carboxylic acids is 1. The van der Waals surface area contributed by atoms with E-state index in [0.717, 1.165) is 0 Å². The summed E-state index contributed by atoms with van der Waals surface area (Å²) in [7, 11) is 1.55. The number of carboxylic acid groups (broad SMARTS) is 1. The summed E-state index contributed by atoms with van der Waals surface area (Å²) in [5.41, 5.74) is -0.318. The zero-order valence-corrected chi connectivity index (χ0v) is 10.2. The van der Waals surface area contributed by atoms with Gasteiger partial charge >= 0.3 is 5.97 Å². The minimum atomic E-state index is -0.924. The van der Waals surface area contributed by atoms with Crippen LogP contribution < -0.4 is 5.32 Å². The number of rotatable bonds is 5. The molecule has 6 heteroatoms. The van der Waals surface area contributed by atoms with Crippen LogP contribution in [0.15, 0.2) is 0 Å². The average Bonchev–Trinajstić information content (AvgIpc) is 2.12. The lowest BCUT2D eigenvalue weighted by molar-refractivity contribution is -0.140. The van der Waals surface area contributed by atoms with E-state index in [1.807, 2.05) is 20.8 Å². The minimum absolute atomic E-state index is 0.0994. The summed E-state index contributed by atoms with van der Waals surface area (Å²) < 4.78 is 4.55. The maximum atomic E-state index is 10.1. The summed E-state index contributed by atoms with van der Waals surface area (Å²) in [5.74, 6) is -0.924. The van der Waals surface area contributed by atoms with Gasteiger partial charge in [0.1, 0.15) is 11.6 Å². The fourth-order valence-electron chi connectivity index (χ4n) is 0.665. The van der Waals surface area contributed by atoms with E-state index in [1.54, 1.807) is 7.05 Å². The number of likely N-dealkylation sites (N-methyl/N-ethyl adjacent to an activating group) is 1. The van der Waals surface area contributed by atoms with Gasteiger partial charge in [0.25, 0.3) is 6.47 Å². The number of aliphatic hydroxyl groups is 1. The van der Waals surface area contributed by atoms with E-state index in [9.17, 15) is 9.59 Å². The molecule has 0 aromatic carbocycles. The number of ether oxygens (including phenoxy) is 1. The molecule has 0 spiro atoms. The van der Waals surface area contributed by atoms with E-state index in [1.165, 1.54) is 0 Å². The first-order valence-electron chi connectivity index (χ1n) is 4.91. The van der Waals surface area contributed by atoms with Gasteiger partial charge in [-0.15, -0.1) is 0 Å². The Labute approximate surface area is 95.6 Å². The molecular formula is C10H21NO5. The van der Waals surface area contributed by atoms with Crippen LogP contribution in [-0.2, 0) is 14.3 Å². The Balaban J connectivity index is 0. The maximum absolute atomic E-state index is 10.1. The number of carbonyl (C=O) groups excluding carboxylic acids is 1. The highest BCUT2D eigenvalue weighted by molar-refractivity contribution is 5.73. The SMILES string of the molecule is CC(C)(C)OC=O.CNC(CCO)C(=O)O. The first-order valence-corrected chi connectivity index (χ1v) is 4.91. The monoisotopic (exact) mass is 235 g/mol. The molecule has 0 aromatic rings. The predicted octanol–water partition coefficient (Wildman–Crippen LogP) is -0.000700. The van der Waals surface area contributed by atoms with Crippen LogP contribution in [0.3, 0.4) is 0 Å². The van der Waals surface area contributed by atoms with Crippen molar-refractivity contribution in [1.29, 1.82) is 0 Å². The summed E-state index contributed by atoms with van der Waals surface area (Å²) in [6, 6.07) is -0.616. The van der Waals surface area contributed by atoms with Crippen LogP contribution in [0.1, 0.15) is 27.2 Å². The topological polar surface area (TPSA) is 95.9 Å². The first-order chi connectivity index (χ1) is 7.28. The second-order valence-corrected chi connectivity index (χ2v) is 4.02. The van der Waals surface area contributed by atoms with Crippen LogP contribution in [0.2, 0.25) is 0 Å². The molecule has 1 unspecified atom stereocenters. The quantitative estimate of drug-likeness (QED) is 0.580. The highest BCUT2D eigenvalue weighted by Gasteiger charge is 2.12. The van der Waals surface area contributed by atoms with Crippen LogP contribution in [0.25, 0.3) is 0 Å². The van der Waals surface area contributed by atoms with Crippen molar-refractivity contribution in [3.8, 4) is 0 Å². The molecule has 0 amide bonds. The average molecular weight is 235 g/mol. The van der Waals surface area contributed by atoms with Gasteiger partial charge in [0.05, 0.1) is 0 Å². The smallest absolute Gasteiger partial charge is 0.320 e. The van der Waals surface area contributed by atoms with Crippen molar-refractivity contribution in [3.63, 3.8) is 0 Å². The normalized spacial score (nSPS) is 12.1. The molecule has 0 aromatic heterocycles. The van der Waals surface area contributed by atoms with Gasteiger partial charge in [-0.05, 0) is 34.2 Å². The molecule has 0 rings (SSSR count). The summed E-state index contributed by atoms with van der Waals surface area (Å²) in [4.78, 5) is 19.7. The van der Waals surface area contributed by atoms with Crippen molar-refractivity contribution < 1.29 is 24.5 Å². The number of carbonyl (C=O) groups is 2. The van der Waals surface area contributed by atoms with E-state index in [0.29, 0.717) is 6.47 Å². The van der Waals surface area contributed by atoms with Gasteiger partial charge in [-0.25, -0.2) is 0 Å². The minimum Gasteiger partial charge on any atom is -0.480 e. The standard InChI is InChI=1S/C5H11NO3.C5H10O2/c1-6-4(2-3-7)5(8)9;1-5(2,3)7-4-6/h4,6-7H,2-3H2,1H3,(H,8,9);4H,1-3H3. The molecule has 0 saturated heterocycles. The molecule has 1 atom stereocenters. The molecule has 0 aliphatic carbocycles. The van der Waals surface area contributed by atoms with Crippen molar-refractivity contribution in [2.24, 2.45) is 0 Å². The van der Waals surface area contributed by atoms with Crippen molar-refractivity contribution in [3.05, 3.63) is 0 Å². The fourth-order valence-corrected chi connectivity index (χ4v) is 0.665. The van der Waals surface area contributed by atoms with E-state index in [2.05, 4.69) is 10.1 Å². The zero-order chi connectivity index (χ0) is 13.2. The Morgan fingerprint density at radius 1 is 1.50 bits per heavy atom. The molecule has 96 valence electrons.